The van der Waals surface area contributed by atoms with E-state index in [9.17, 15) is 9.59 Å². The van der Waals surface area contributed by atoms with Gasteiger partial charge in [-0.1, -0.05) is 91.0 Å². The molecule has 0 fully saturated rings. The molecule has 0 spiro atoms. The minimum Gasteiger partial charge on any atom is -0.350 e. The van der Waals surface area contributed by atoms with Gasteiger partial charge in [0, 0.05) is 25.5 Å². The first kappa shape index (κ1) is 22.9. The van der Waals surface area contributed by atoms with E-state index >= 15 is 0 Å². The van der Waals surface area contributed by atoms with Crippen molar-refractivity contribution in [3.05, 3.63) is 138 Å². The van der Waals surface area contributed by atoms with Crippen LogP contribution >= 0.6 is 0 Å². The molecular formula is C29H27N3O2. The number of benzene rings is 3. The Morgan fingerprint density at radius 1 is 0.706 bits per heavy atom. The van der Waals surface area contributed by atoms with E-state index in [0.717, 1.165) is 22.3 Å². The number of amides is 2. The zero-order valence-electron chi connectivity index (χ0n) is 18.9. The van der Waals surface area contributed by atoms with E-state index < -0.39 is 6.04 Å². The fourth-order valence-corrected chi connectivity index (χ4v) is 3.87. The highest BCUT2D eigenvalue weighted by Gasteiger charge is 2.31. The van der Waals surface area contributed by atoms with E-state index in [-0.39, 0.29) is 18.2 Å². The van der Waals surface area contributed by atoms with Crippen LogP contribution in [0.4, 0.5) is 0 Å². The number of hydrogen-bond donors (Lipinski definition) is 1. The predicted molar refractivity (Wildman–Crippen MR) is 132 cm³/mol. The van der Waals surface area contributed by atoms with Crippen molar-refractivity contribution >= 4 is 11.8 Å². The van der Waals surface area contributed by atoms with Gasteiger partial charge in [0.05, 0.1) is 6.42 Å². The van der Waals surface area contributed by atoms with Gasteiger partial charge in [0.15, 0.2) is 0 Å². The van der Waals surface area contributed by atoms with Gasteiger partial charge in [-0.25, -0.2) is 0 Å². The number of carbonyl (C=O) groups excluding carboxylic acids is 2. The summed E-state index contributed by atoms with van der Waals surface area (Å²) in [4.78, 5) is 32.9. The van der Waals surface area contributed by atoms with Gasteiger partial charge in [-0.05, 0) is 34.4 Å². The number of nitrogens with zero attached hydrogens (tertiary/aromatic N) is 2. The summed E-state index contributed by atoms with van der Waals surface area (Å²) in [5.41, 5.74) is 3.59. The van der Waals surface area contributed by atoms with Crippen LogP contribution in [0.25, 0.3) is 0 Å². The smallest absolute Gasteiger partial charge is 0.247 e. The quantitative estimate of drug-likeness (QED) is 0.403. The molecule has 0 saturated heterocycles. The summed E-state index contributed by atoms with van der Waals surface area (Å²) in [6.07, 6.45) is 3.61. The lowest BCUT2D eigenvalue weighted by Gasteiger charge is -2.32. The van der Waals surface area contributed by atoms with E-state index in [0.29, 0.717) is 13.1 Å². The highest BCUT2D eigenvalue weighted by molar-refractivity contribution is 5.89. The molecule has 1 unspecified atom stereocenters. The minimum atomic E-state index is -0.764. The van der Waals surface area contributed by atoms with Gasteiger partial charge in [-0.2, -0.15) is 0 Å². The maximum atomic E-state index is 13.6. The summed E-state index contributed by atoms with van der Waals surface area (Å²) in [5.74, 6) is -0.330. The van der Waals surface area contributed by atoms with Crippen LogP contribution in [-0.2, 0) is 29.1 Å². The highest BCUT2D eigenvalue weighted by atomic mass is 16.2. The molecule has 1 N–H and O–H groups in total. The summed E-state index contributed by atoms with van der Waals surface area (Å²) >= 11 is 0. The van der Waals surface area contributed by atoms with Gasteiger partial charge in [0.25, 0.3) is 0 Å². The number of nitrogens with one attached hydrogen (secondary N) is 1. The SMILES string of the molecule is O=C(NCc1ccncc1)C(c1ccccc1)N(Cc1ccccc1)C(=O)Cc1ccccc1. The molecule has 5 nitrogen and oxygen atoms in total. The molecule has 1 aromatic heterocycles. The third-order valence-corrected chi connectivity index (χ3v) is 5.61. The number of rotatable bonds is 9. The maximum Gasteiger partial charge on any atom is 0.247 e. The van der Waals surface area contributed by atoms with Crippen molar-refractivity contribution in [2.75, 3.05) is 0 Å². The van der Waals surface area contributed by atoms with Crippen LogP contribution in [0.3, 0.4) is 0 Å². The molecule has 5 heteroatoms. The number of hydrogen-bond acceptors (Lipinski definition) is 3. The third kappa shape index (κ3) is 6.17. The number of carbonyl (C=O) groups is 2. The topological polar surface area (TPSA) is 62.3 Å². The molecular weight excluding hydrogens is 422 g/mol. The second-order valence-corrected chi connectivity index (χ2v) is 8.06. The van der Waals surface area contributed by atoms with E-state index in [4.69, 9.17) is 0 Å². The fraction of sp³-hybridized carbons (Fsp3) is 0.138. The van der Waals surface area contributed by atoms with Crippen molar-refractivity contribution in [3.8, 4) is 0 Å². The van der Waals surface area contributed by atoms with Crippen molar-refractivity contribution in [1.29, 1.82) is 0 Å². The molecule has 0 saturated carbocycles. The standard InChI is InChI=1S/C29H27N3O2/c33-27(20-23-10-4-1-5-11-23)32(22-25-12-6-2-7-13-25)28(26-14-8-3-9-15-26)29(34)31-21-24-16-18-30-19-17-24/h1-19,28H,20-22H2,(H,31,34). The Labute approximate surface area is 200 Å². The second kappa shape index (κ2) is 11.6. The first-order valence-electron chi connectivity index (χ1n) is 11.3. The third-order valence-electron chi connectivity index (χ3n) is 5.61. The van der Waals surface area contributed by atoms with Crippen molar-refractivity contribution in [2.24, 2.45) is 0 Å². The summed E-state index contributed by atoms with van der Waals surface area (Å²) in [6, 6.07) is 31.8. The molecule has 4 rings (SSSR count). The van der Waals surface area contributed by atoms with Crippen LogP contribution in [0.5, 0.6) is 0 Å². The lowest BCUT2D eigenvalue weighted by atomic mass is 10.0. The Balaban J connectivity index is 1.66. The maximum absolute atomic E-state index is 13.6. The van der Waals surface area contributed by atoms with E-state index in [1.165, 1.54) is 0 Å². The first-order valence-corrected chi connectivity index (χ1v) is 11.3. The van der Waals surface area contributed by atoms with Crippen LogP contribution in [0.15, 0.2) is 116 Å². The Kier molecular flexibility index (Phi) is 7.80. The predicted octanol–water partition coefficient (Wildman–Crippen LogP) is 4.71. The van der Waals surface area contributed by atoms with E-state index in [1.54, 1.807) is 17.3 Å². The molecule has 1 atom stereocenters. The van der Waals surface area contributed by atoms with Crippen molar-refractivity contribution in [1.82, 2.24) is 15.2 Å². The average molecular weight is 450 g/mol. The Morgan fingerprint density at radius 2 is 1.26 bits per heavy atom. The first-order chi connectivity index (χ1) is 16.7. The highest BCUT2D eigenvalue weighted by Crippen LogP contribution is 2.25. The zero-order chi connectivity index (χ0) is 23.6. The Hall–Kier alpha value is -4.25. The van der Waals surface area contributed by atoms with Crippen LogP contribution in [0.2, 0.25) is 0 Å². The minimum absolute atomic E-state index is 0.108. The van der Waals surface area contributed by atoms with Crippen LogP contribution in [0.1, 0.15) is 28.3 Å². The van der Waals surface area contributed by atoms with Gasteiger partial charge >= 0.3 is 0 Å². The lowest BCUT2D eigenvalue weighted by Crippen LogP contribution is -2.43. The molecule has 2 amide bonds. The monoisotopic (exact) mass is 449 g/mol. The molecule has 0 aliphatic rings. The molecule has 0 aliphatic carbocycles. The molecule has 0 radical (unpaired) electrons. The van der Waals surface area contributed by atoms with E-state index in [1.807, 2.05) is 103 Å². The average Bonchev–Trinajstić information content (AvgIpc) is 2.89. The largest absolute Gasteiger partial charge is 0.350 e. The molecule has 1 heterocycles. The molecule has 34 heavy (non-hydrogen) atoms. The molecule has 4 aromatic rings. The van der Waals surface area contributed by atoms with Crippen LogP contribution in [0, 0.1) is 0 Å². The molecule has 0 aliphatic heterocycles. The second-order valence-electron chi connectivity index (χ2n) is 8.06. The number of aromatic nitrogens is 1. The molecule has 0 bridgehead atoms. The zero-order valence-corrected chi connectivity index (χ0v) is 18.9. The Morgan fingerprint density at radius 3 is 1.88 bits per heavy atom. The van der Waals surface area contributed by atoms with Gasteiger partial charge in [0.2, 0.25) is 11.8 Å². The summed E-state index contributed by atoms with van der Waals surface area (Å²) in [6.45, 7) is 0.686. The van der Waals surface area contributed by atoms with Crippen molar-refractivity contribution in [2.45, 2.75) is 25.6 Å². The number of pyridine rings is 1. The summed E-state index contributed by atoms with van der Waals surface area (Å²) < 4.78 is 0. The normalized spacial score (nSPS) is 11.4. The van der Waals surface area contributed by atoms with Crippen molar-refractivity contribution < 1.29 is 9.59 Å². The van der Waals surface area contributed by atoms with Gasteiger partial charge in [-0.15, -0.1) is 0 Å². The lowest BCUT2D eigenvalue weighted by molar-refractivity contribution is -0.141. The van der Waals surface area contributed by atoms with Gasteiger partial charge in [0.1, 0.15) is 6.04 Å². The fourth-order valence-electron chi connectivity index (χ4n) is 3.87. The molecule has 3 aromatic carbocycles. The Bertz CT molecular complexity index is 1180. The summed E-state index contributed by atoms with van der Waals surface area (Å²) in [7, 11) is 0. The van der Waals surface area contributed by atoms with Gasteiger partial charge < -0.3 is 10.2 Å². The van der Waals surface area contributed by atoms with Crippen LogP contribution in [-0.4, -0.2) is 21.7 Å². The summed E-state index contributed by atoms with van der Waals surface area (Å²) in [5, 5.41) is 3.02. The van der Waals surface area contributed by atoms with Crippen molar-refractivity contribution in [3.63, 3.8) is 0 Å². The van der Waals surface area contributed by atoms with Crippen LogP contribution < -0.4 is 5.32 Å². The van der Waals surface area contributed by atoms with Gasteiger partial charge in [-0.3, -0.25) is 14.6 Å². The van der Waals surface area contributed by atoms with E-state index in [2.05, 4.69) is 10.3 Å². The molecule has 170 valence electrons.